The molecule has 5 N–H and O–H groups in total. The van der Waals surface area contributed by atoms with Gasteiger partial charge in [0.25, 0.3) is 5.91 Å². The molecule has 3 unspecified atom stereocenters. The lowest BCUT2D eigenvalue weighted by Gasteiger charge is -2.36. The van der Waals surface area contributed by atoms with Crippen molar-refractivity contribution in [3.8, 4) is 11.5 Å². The molecule has 2 fully saturated rings. The van der Waals surface area contributed by atoms with Crippen LogP contribution in [0.4, 0.5) is 4.79 Å². The van der Waals surface area contributed by atoms with Crippen molar-refractivity contribution < 1.29 is 33.4 Å². The van der Waals surface area contributed by atoms with Gasteiger partial charge >= 0.3 is 6.09 Å². The Morgan fingerprint density at radius 2 is 1.78 bits per heavy atom. The third kappa shape index (κ3) is 6.71. The van der Waals surface area contributed by atoms with Crippen LogP contribution in [0.2, 0.25) is 0 Å². The fraction of sp³-hybridized carbons (Fsp3) is 0.545. The zero-order chi connectivity index (χ0) is 26.2. The predicted octanol–water partition coefficient (Wildman–Crippen LogP) is -0.876. The lowest BCUT2D eigenvalue weighted by molar-refractivity contribution is -0.130. The molecule has 4 amide bonds. The molecule has 2 saturated heterocycles. The van der Waals surface area contributed by atoms with E-state index in [4.69, 9.17) is 19.9 Å². The average molecular weight is 525 g/mol. The highest BCUT2D eigenvalue weighted by Gasteiger charge is 2.36. The van der Waals surface area contributed by atoms with Crippen LogP contribution >= 0.6 is 11.8 Å². The summed E-state index contributed by atoms with van der Waals surface area (Å²) in [6, 6.07) is 3.62. The van der Waals surface area contributed by atoms with E-state index in [0.717, 1.165) is 0 Å². The van der Waals surface area contributed by atoms with Gasteiger partial charge in [-0.3, -0.25) is 19.7 Å². The number of rotatable bonds is 8. The maximum Gasteiger partial charge on any atom is 0.409 e. The largest absolute Gasteiger partial charge is 0.493 e. The summed E-state index contributed by atoms with van der Waals surface area (Å²) in [5, 5.41) is 8.34. The minimum atomic E-state index is -1.02. The molecule has 0 radical (unpaired) electrons. The van der Waals surface area contributed by atoms with Crippen LogP contribution in [0.25, 0.3) is 0 Å². The molecule has 0 aliphatic carbocycles. The van der Waals surface area contributed by atoms with Gasteiger partial charge in [0.1, 0.15) is 11.5 Å². The van der Waals surface area contributed by atoms with Crippen molar-refractivity contribution in [3.63, 3.8) is 0 Å². The Bertz CT molecular complexity index is 972. The SMILES string of the molecule is CCOC(=O)N1CCN(C(=O)CSC2NC(=O)C(NC(=O)c3ccc(OC)c(OC)c3)C(N)N2)CC1. The predicted molar refractivity (Wildman–Crippen MR) is 131 cm³/mol. The maximum atomic E-state index is 12.7. The number of carbonyl (C=O) groups is 4. The second-order valence-corrected chi connectivity index (χ2v) is 9.07. The molecule has 0 spiro atoms. The number of nitrogens with zero attached hydrogens (tertiary/aromatic N) is 2. The minimum absolute atomic E-state index is 0.104. The molecule has 198 valence electrons. The van der Waals surface area contributed by atoms with Gasteiger partial charge in [0, 0.05) is 31.7 Å². The molecule has 3 atom stereocenters. The molecule has 36 heavy (non-hydrogen) atoms. The van der Waals surface area contributed by atoms with Gasteiger partial charge in [0.05, 0.1) is 32.7 Å². The second kappa shape index (κ2) is 12.6. The van der Waals surface area contributed by atoms with Crippen molar-refractivity contribution in [2.45, 2.75) is 24.6 Å². The number of carbonyl (C=O) groups excluding carboxylic acids is 4. The Hall–Kier alpha value is -3.23. The Morgan fingerprint density at radius 1 is 1.11 bits per heavy atom. The van der Waals surface area contributed by atoms with Gasteiger partial charge in [0.15, 0.2) is 11.5 Å². The number of nitrogens with one attached hydrogen (secondary N) is 3. The van der Waals surface area contributed by atoms with Gasteiger partial charge in [-0.05, 0) is 25.1 Å². The van der Waals surface area contributed by atoms with Gasteiger partial charge in [-0.1, -0.05) is 0 Å². The molecule has 0 aromatic heterocycles. The summed E-state index contributed by atoms with van der Waals surface area (Å²) < 4.78 is 15.4. The summed E-state index contributed by atoms with van der Waals surface area (Å²) in [5.74, 6) is -0.133. The summed E-state index contributed by atoms with van der Waals surface area (Å²) >= 11 is 1.19. The number of piperazine rings is 1. The first-order valence-corrected chi connectivity index (χ1v) is 12.5. The van der Waals surface area contributed by atoms with Gasteiger partial charge in [-0.25, -0.2) is 4.79 Å². The smallest absolute Gasteiger partial charge is 0.409 e. The van der Waals surface area contributed by atoms with Crippen molar-refractivity contribution in [3.05, 3.63) is 23.8 Å². The molecule has 3 rings (SSSR count). The molecule has 1 aromatic carbocycles. The van der Waals surface area contributed by atoms with E-state index >= 15 is 0 Å². The van der Waals surface area contributed by atoms with E-state index in [0.29, 0.717) is 44.3 Å². The Labute approximate surface area is 213 Å². The fourth-order valence-electron chi connectivity index (χ4n) is 3.74. The first kappa shape index (κ1) is 27.4. The van der Waals surface area contributed by atoms with Crippen LogP contribution in [0.1, 0.15) is 17.3 Å². The van der Waals surface area contributed by atoms with Crippen LogP contribution in [0.3, 0.4) is 0 Å². The molecule has 0 bridgehead atoms. The number of hydrogen-bond acceptors (Lipinski definition) is 10. The van der Waals surface area contributed by atoms with Gasteiger partial charge in [-0.15, -0.1) is 11.8 Å². The highest BCUT2D eigenvalue weighted by Crippen LogP contribution is 2.27. The highest BCUT2D eigenvalue weighted by atomic mass is 32.2. The molecule has 14 heteroatoms. The number of ether oxygens (including phenoxy) is 3. The van der Waals surface area contributed by atoms with Crippen LogP contribution in [0, 0.1) is 0 Å². The normalized spacial score (nSPS) is 21.9. The number of benzene rings is 1. The molecule has 2 heterocycles. The quantitative estimate of drug-likeness (QED) is 0.336. The van der Waals surface area contributed by atoms with Crippen molar-refractivity contribution in [2.75, 3.05) is 52.8 Å². The standard InChI is InChI=1S/C22H32N6O7S/c1-4-35-22(32)28-9-7-27(8-10-28)16(29)12-36-21-25-18(23)17(20(31)26-21)24-19(30)13-5-6-14(33-2)15(11-13)34-3/h5-6,11,17-18,21,25H,4,7-10,12,23H2,1-3H3,(H,24,30)(H,26,31). The van der Waals surface area contributed by atoms with E-state index in [2.05, 4.69) is 16.0 Å². The van der Waals surface area contributed by atoms with E-state index in [1.54, 1.807) is 28.9 Å². The number of amides is 4. The molecule has 1 aromatic rings. The average Bonchev–Trinajstić information content (AvgIpc) is 2.89. The molecular formula is C22H32N6O7S. The van der Waals surface area contributed by atoms with Gasteiger partial charge in [0.2, 0.25) is 11.8 Å². The van der Waals surface area contributed by atoms with Crippen molar-refractivity contribution in [1.29, 1.82) is 0 Å². The zero-order valence-electron chi connectivity index (χ0n) is 20.4. The minimum Gasteiger partial charge on any atom is -0.493 e. The van der Waals surface area contributed by atoms with Gasteiger partial charge in [-0.2, -0.15) is 0 Å². The number of nitrogens with two attached hydrogens (primary N) is 1. The van der Waals surface area contributed by atoms with E-state index in [1.165, 1.54) is 32.0 Å². The molecule has 13 nitrogen and oxygen atoms in total. The Balaban J connectivity index is 1.47. The van der Waals surface area contributed by atoms with E-state index < -0.39 is 29.5 Å². The summed E-state index contributed by atoms with van der Waals surface area (Å²) in [6.45, 7) is 3.67. The number of hydrogen-bond donors (Lipinski definition) is 4. The summed E-state index contributed by atoms with van der Waals surface area (Å²) in [7, 11) is 2.95. The Morgan fingerprint density at radius 3 is 2.39 bits per heavy atom. The van der Waals surface area contributed by atoms with Crippen LogP contribution in [0.5, 0.6) is 11.5 Å². The second-order valence-electron chi connectivity index (χ2n) is 7.98. The van der Waals surface area contributed by atoms with Crippen molar-refractivity contribution in [1.82, 2.24) is 25.8 Å². The molecule has 2 aliphatic heterocycles. The summed E-state index contributed by atoms with van der Waals surface area (Å²) in [5.41, 5.74) is 5.79. The Kier molecular flexibility index (Phi) is 9.61. The fourth-order valence-corrected chi connectivity index (χ4v) is 4.69. The van der Waals surface area contributed by atoms with Crippen molar-refractivity contribution >= 4 is 35.6 Å². The monoisotopic (exact) mass is 524 g/mol. The lowest BCUT2D eigenvalue weighted by atomic mass is 10.1. The first-order chi connectivity index (χ1) is 17.3. The highest BCUT2D eigenvalue weighted by molar-refractivity contribution is 8.00. The summed E-state index contributed by atoms with van der Waals surface area (Å²) in [4.78, 5) is 53.0. The number of methoxy groups -OCH3 is 2. The van der Waals surface area contributed by atoms with Gasteiger partial charge < -0.3 is 40.4 Å². The third-order valence-electron chi connectivity index (χ3n) is 5.72. The van der Waals surface area contributed by atoms with E-state index in [1.807, 2.05) is 0 Å². The van der Waals surface area contributed by atoms with E-state index in [-0.39, 0.29) is 23.3 Å². The van der Waals surface area contributed by atoms with E-state index in [9.17, 15) is 19.2 Å². The van der Waals surface area contributed by atoms with Crippen molar-refractivity contribution in [2.24, 2.45) is 5.73 Å². The zero-order valence-corrected chi connectivity index (χ0v) is 21.3. The van der Waals surface area contributed by atoms with Crippen LogP contribution in [0.15, 0.2) is 18.2 Å². The van der Waals surface area contributed by atoms with Crippen LogP contribution in [-0.4, -0.2) is 104 Å². The first-order valence-electron chi connectivity index (χ1n) is 11.4. The maximum absolute atomic E-state index is 12.7. The van der Waals surface area contributed by atoms with Crippen LogP contribution < -0.4 is 31.2 Å². The topological polar surface area (TPSA) is 165 Å². The third-order valence-corrected chi connectivity index (χ3v) is 6.72. The molecular weight excluding hydrogens is 492 g/mol. The molecule has 0 saturated carbocycles. The van der Waals surface area contributed by atoms with Crippen LogP contribution in [-0.2, 0) is 14.3 Å². The molecule has 2 aliphatic rings. The number of thioether (sulfide) groups is 1. The lowest BCUT2D eigenvalue weighted by Crippen LogP contribution is -2.70. The summed E-state index contributed by atoms with van der Waals surface area (Å²) in [6.07, 6.45) is -1.25.